The van der Waals surface area contributed by atoms with E-state index in [1.807, 2.05) is 0 Å². The lowest BCUT2D eigenvalue weighted by Gasteiger charge is -1.98. The van der Waals surface area contributed by atoms with E-state index in [0.29, 0.717) is 17.5 Å². The number of hydrogen-bond acceptors (Lipinski definition) is 6. The second-order valence-corrected chi connectivity index (χ2v) is 4.19. The van der Waals surface area contributed by atoms with E-state index in [2.05, 4.69) is 30.9 Å². The van der Waals surface area contributed by atoms with Crippen LogP contribution >= 0.6 is 0 Å². The van der Waals surface area contributed by atoms with Crippen LogP contribution in [0.3, 0.4) is 0 Å². The number of aromatic amines is 1. The van der Waals surface area contributed by atoms with Gasteiger partial charge in [-0.25, -0.2) is 0 Å². The van der Waals surface area contributed by atoms with E-state index in [9.17, 15) is 0 Å². The van der Waals surface area contributed by atoms with Gasteiger partial charge in [0.05, 0.1) is 6.20 Å². The van der Waals surface area contributed by atoms with E-state index in [1.165, 1.54) is 12.8 Å². The number of rotatable bonds is 6. The van der Waals surface area contributed by atoms with Crippen molar-refractivity contribution in [2.75, 3.05) is 6.54 Å². The quantitative estimate of drug-likeness (QED) is 0.709. The highest BCUT2D eigenvalue weighted by Gasteiger charge is 2.19. The Balaban J connectivity index is 1.50. The third-order valence-corrected chi connectivity index (χ3v) is 2.68. The molecule has 2 aromatic rings. The van der Waals surface area contributed by atoms with Crippen LogP contribution in [-0.4, -0.2) is 38.2 Å². The van der Waals surface area contributed by atoms with Crippen molar-refractivity contribution in [3.05, 3.63) is 12.1 Å². The Hall–Kier alpha value is -1.76. The van der Waals surface area contributed by atoms with Crippen LogP contribution < -0.4 is 5.32 Å². The molecule has 7 nitrogen and oxygen atoms in total. The monoisotopic (exact) mass is 234 g/mol. The molecular formula is C10H14N6O. The van der Waals surface area contributed by atoms with Gasteiger partial charge in [0.25, 0.3) is 5.89 Å². The fourth-order valence-corrected chi connectivity index (χ4v) is 1.60. The molecule has 1 saturated carbocycles. The van der Waals surface area contributed by atoms with Crippen LogP contribution in [0, 0.1) is 0 Å². The SMILES string of the molecule is c1n[nH]nc1-c1nnc(CCCNC2CC2)o1. The predicted octanol–water partition coefficient (Wildman–Crippen LogP) is 0.539. The fraction of sp³-hybridized carbons (Fsp3) is 0.600. The number of nitrogens with zero attached hydrogens (tertiary/aromatic N) is 4. The Morgan fingerprint density at radius 2 is 2.35 bits per heavy atom. The maximum Gasteiger partial charge on any atom is 0.269 e. The lowest BCUT2D eigenvalue weighted by molar-refractivity contribution is 0.489. The van der Waals surface area contributed by atoms with Crippen molar-refractivity contribution in [1.29, 1.82) is 0 Å². The molecule has 0 atom stereocenters. The number of aromatic nitrogens is 5. The van der Waals surface area contributed by atoms with Crippen molar-refractivity contribution in [2.45, 2.75) is 31.7 Å². The van der Waals surface area contributed by atoms with E-state index in [0.717, 1.165) is 25.4 Å². The Kier molecular flexibility index (Phi) is 2.83. The van der Waals surface area contributed by atoms with Crippen LogP contribution in [0.4, 0.5) is 0 Å². The molecule has 3 rings (SSSR count). The topological polar surface area (TPSA) is 92.5 Å². The number of H-pyrrole nitrogens is 1. The van der Waals surface area contributed by atoms with Gasteiger partial charge in [-0.15, -0.1) is 10.2 Å². The number of hydrogen-bond donors (Lipinski definition) is 2. The summed E-state index contributed by atoms with van der Waals surface area (Å²) in [5, 5.41) is 21.4. The van der Waals surface area contributed by atoms with Crippen molar-refractivity contribution in [1.82, 2.24) is 30.9 Å². The summed E-state index contributed by atoms with van der Waals surface area (Å²) >= 11 is 0. The maximum absolute atomic E-state index is 5.48. The molecule has 2 aromatic heterocycles. The van der Waals surface area contributed by atoms with Crippen molar-refractivity contribution >= 4 is 0 Å². The lowest BCUT2D eigenvalue weighted by Crippen LogP contribution is -2.17. The van der Waals surface area contributed by atoms with Gasteiger partial charge in [0.2, 0.25) is 5.89 Å². The zero-order chi connectivity index (χ0) is 11.5. The van der Waals surface area contributed by atoms with Crippen LogP contribution in [0.5, 0.6) is 0 Å². The first-order chi connectivity index (χ1) is 8.42. The van der Waals surface area contributed by atoms with Gasteiger partial charge in [0.15, 0.2) is 5.69 Å². The van der Waals surface area contributed by atoms with E-state index in [1.54, 1.807) is 6.20 Å². The minimum atomic E-state index is 0.420. The summed E-state index contributed by atoms with van der Waals surface area (Å²) in [6.07, 6.45) is 6.00. The molecular weight excluding hydrogens is 220 g/mol. The first kappa shape index (κ1) is 10.4. The molecule has 0 unspecified atom stereocenters. The number of aryl methyl sites for hydroxylation is 1. The highest BCUT2D eigenvalue weighted by molar-refractivity contribution is 5.42. The lowest BCUT2D eigenvalue weighted by atomic mass is 10.3. The van der Waals surface area contributed by atoms with Gasteiger partial charge in [-0.2, -0.15) is 15.4 Å². The molecule has 0 aromatic carbocycles. The summed E-state index contributed by atoms with van der Waals surface area (Å²) in [6, 6.07) is 0.753. The normalized spacial score (nSPS) is 15.3. The smallest absolute Gasteiger partial charge is 0.269 e. The van der Waals surface area contributed by atoms with Gasteiger partial charge in [0, 0.05) is 12.5 Å². The minimum Gasteiger partial charge on any atom is -0.419 e. The summed E-state index contributed by atoms with van der Waals surface area (Å²) in [6.45, 7) is 1.01. The molecule has 0 amide bonds. The Morgan fingerprint density at radius 1 is 1.41 bits per heavy atom. The summed E-state index contributed by atoms with van der Waals surface area (Å²) in [4.78, 5) is 0. The highest BCUT2D eigenvalue weighted by atomic mass is 16.4. The van der Waals surface area contributed by atoms with E-state index in [-0.39, 0.29) is 0 Å². The van der Waals surface area contributed by atoms with Gasteiger partial charge < -0.3 is 9.73 Å². The first-order valence-electron chi connectivity index (χ1n) is 5.84. The Morgan fingerprint density at radius 3 is 3.12 bits per heavy atom. The van der Waals surface area contributed by atoms with Gasteiger partial charge >= 0.3 is 0 Å². The summed E-state index contributed by atoms with van der Waals surface area (Å²) in [5.74, 6) is 1.07. The van der Waals surface area contributed by atoms with Crippen molar-refractivity contribution in [2.24, 2.45) is 0 Å². The zero-order valence-corrected chi connectivity index (χ0v) is 9.39. The van der Waals surface area contributed by atoms with Gasteiger partial charge in [0.1, 0.15) is 0 Å². The third kappa shape index (κ3) is 2.68. The Bertz CT molecular complexity index is 461. The molecule has 0 spiro atoms. The molecule has 1 aliphatic carbocycles. The standard InChI is InChI=1S/C10H14N6O/c1(5-11-7-3-4-7)2-9-14-15-10(17-9)8-6-12-16-13-8/h6-7,11H,1-5H2,(H,12,13,16). The molecule has 0 aliphatic heterocycles. The van der Waals surface area contributed by atoms with Crippen LogP contribution in [0.15, 0.2) is 10.6 Å². The predicted molar refractivity (Wildman–Crippen MR) is 59.0 cm³/mol. The summed E-state index contributed by atoms with van der Waals surface area (Å²) < 4.78 is 5.48. The second kappa shape index (κ2) is 4.62. The average Bonchev–Trinajstić information content (AvgIpc) is 2.84. The molecule has 0 bridgehead atoms. The van der Waals surface area contributed by atoms with E-state index in [4.69, 9.17) is 4.42 Å². The largest absolute Gasteiger partial charge is 0.419 e. The Labute approximate surface area is 98.0 Å². The fourth-order valence-electron chi connectivity index (χ4n) is 1.60. The minimum absolute atomic E-state index is 0.420. The molecule has 0 radical (unpaired) electrons. The average molecular weight is 234 g/mol. The molecule has 90 valence electrons. The van der Waals surface area contributed by atoms with Crippen LogP contribution in [0.2, 0.25) is 0 Å². The maximum atomic E-state index is 5.48. The van der Waals surface area contributed by atoms with Crippen LogP contribution in [0.25, 0.3) is 11.6 Å². The summed E-state index contributed by atoms with van der Waals surface area (Å²) in [7, 11) is 0. The van der Waals surface area contributed by atoms with Crippen LogP contribution in [0.1, 0.15) is 25.2 Å². The highest BCUT2D eigenvalue weighted by Crippen LogP contribution is 2.18. The molecule has 17 heavy (non-hydrogen) atoms. The van der Waals surface area contributed by atoms with Crippen LogP contribution in [-0.2, 0) is 6.42 Å². The van der Waals surface area contributed by atoms with E-state index >= 15 is 0 Å². The molecule has 0 saturated heterocycles. The van der Waals surface area contributed by atoms with Crippen molar-refractivity contribution in [3.63, 3.8) is 0 Å². The van der Waals surface area contributed by atoms with Gasteiger partial charge in [-0.1, -0.05) is 0 Å². The van der Waals surface area contributed by atoms with Crippen molar-refractivity contribution < 1.29 is 4.42 Å². The van der Waals surface area contributed by atoms with Gasteiger partial charge in [-0.3, -0.25) is 0 Å². The summed E-state index contributed by atoms with van der Waals surface area (Å²) in [5.41, 5.74) is 0.583. The zero-order valence-electron chi connectivity index (χ0n) is 9.39. The molecule has 7 heteroatoms. The third-order valence-electron chi connectivity index (χ3n) is 2.68. The number of nitrogens with one attached hydrogen (secondary N) is 2. The molecule has 1 aliphatic rings. The van der Waals surface area contributed by atoms with E-state index < -0.39 is 0 Å². The first-order valence-corrected chi connectivity index (χ1v) is 5.84. The molecule has 2 N–H and O–H groups in total. The molecule has 1 fully saturated rings. The second-order valence-electron chi connectivity index (χ2n) is 4.19. The van der Waals surface area contributed by atoms with Gasteiger partial charge in [-0.05, 0) is 25.8 Å². The van der Waals surface area contributed by atoms with Crippen molar-refractivity contribution in [3.8, 4) is 11.6 Å². The molecule has 2 heterocycles.